The van der Waals surface area contributed by atoms with Gasteiger partial charge in [0.25, 0.3) is 5.91 Å². The van der Waals surface area contributed by atoms with Crippen molar-refractivity contribution in [1.82, 2.24) is 25.3 Å². The Bertz CT molecular complexity index is 905. The Morgan fingerprint density at radius 1 is 1.03 bits per heavy atom. The minimum Gasteiger partial charge on any atom is -0.346 e. The first-order chi connectivity index (χ1) is 15.6. The van der Waals surface area contributed by atoms with Crippen LogP contribution in [0.25, 0.3) is 0 Å². The topological polar surface area (TPSA) is 78.4 Å². The molecule has 2 fully saturated rings. The Morgan fingerprint density at radius 2 is 1.75 bits per heavy atom. The van der Waals surface area contributed by atoms with Crippen LogP contribution in [0.3, 0.4) is 0 Å². The molecular weight excluding hydrogens is 429 g/mol. The predicted octanol–water partition coefficient (Wildman–Crippen LogP) is 3.22. The van der Waals surface area contributed by atoms with Crippen molar-refractivity contribution in [3.63, 3.8) is 0 Å². The summed E-state index contributed by atoms with van der Waals surface area (Å²) in [7, 11) is 0. The van der Waals surface area contributed by atoms with Gasteiger partial charge in [0.1, 0.15) is 10.8 Å². The van der Waals surface area contributed by atoms with Gasteiger partial charge in [-0.3, -0.25) is 14.5 Å². The maximum atomic E-state index is 13.0. The number of benzene rings is 1. The third kappa shape index (κ3) is 6.32. The Hall–Kier alpha value is -2.39. The van der Waals surface area contributed by atoms with E-state index in [-0.39, 0.29) is 11.7 Å². The fourth-order valence-electron chi connectivity index (χ4n) is 4.38. The Balaban J connectivity index is 1.19. The lowest BCUT2D eigenvalue weighted by molar-refractivity contribution is -0.134. The maximum Gasteiger partial charge on any atom is 0.282 e. The van der Waals surface area contributed by atoms with E-state index in [1.165, 1.54) is 55.6 Å². The molecule has 1 N–H and O–H groups in total. The highest BCUT2D eigenvalue weighted by atomic mass is 32.1. The number of aromatic nitrogens is 2. The van der Waals surface area contributed by atoms with Crippen molar-refractivity contribution in [2.75, 3.05) is 26.2 Å². The summed E-state index contributed by atoms with van der Waals surface area (Å²) >= 11 is 1.29. The van der Waals surface area contributed by atoms with E-state index in [0.29, 0.717) is 36.3 Å². The van der Waals surface area contributed by atoms with Crippen LogP contribution in [0.5, 0.6) is 0 Å². The quantitative estimate of drug-likeness (QED) is 0.688. The fraction of sp³-hybridized carbons (Fsp3) is 0.565. The molecule has 4 rings (SSSR count). The summed E-state index contributed by atoms with van der Waals surface area (Å²) in [4.78, 5) is 29.2. The van der Waals surface area contributed by atoms with Gasteiger partial charge < -0.3 is 10.2 Å². The van der Waals surface area contributed by atoms with Gasteiger partial charge in [-0.15, -0.1) is 10.2 Å². The van der Waals surface area contributed by atoms with Crippen LogP contribution < -0.4 is 5.32 Å². The highest BCUT2D eigenvalue weighted by molar-refractivity contribution is 7.13. The molecule has 1 aliphatic heterocycles. The average Bonchev–Trinajstić information content (AvgIpc) is 3.28. The molecule has 1 aromatic carbocycles. The number of nitrogens with zero attached hydrogens (tertiary/aromatic N) is 4. The number of hydrogen-bond donors (Lipinski definition) is 1. The van der Waals surface area contributed by atoms with Crippen LogP contribution in [0.4, 0.5) is 4.39 Å². The van der Waals surface area contributed by atoms with Gasteiger partial charge in [-0.2, -0.15) is 0 Å². The second-order valence-electron chi connectivity index (χ2n) is 8.68. The van der Waals surface area contributed by atoms with Crippen LogP contribution in [-0.4, -0.2) is 58.0 Å². The van der Waals surface area contributed by atoms with Gasteiger partial charge in [-0.1, -0.05) is 42.7 Å². The minimum absolute atomic E-state index is 0.281. The largest absolute Gasteiger partial charge is 0.346 e. The number of halogens is 1. The van der Waals surface area contributed by atoms with E-state index in [0.717, 1.165) is 36.8 Å². The highest BCUT2D eigenvalue weighted by Gasteiger charge is 2.25. The summed E-state index contributed by atoms with van der Waals surface area (Å²) < 4.78 is 13.0. The predicted molar refractivity (Wildman–Crippen MR) is 121 cm³/mol. The van der Waals surface area contributed by atoms with Gasteiger partial charge in [0.05, 0.1) is 6.54 Å². The molecule has 2 aliphatic rings. The van der Waals surface area contributed by atoms with Crippen LogP contribution >= 0.6 is 11.3 Å². The summed E-state index contributed by atoms with van der Waals surface area (Å²) in [5, 5.41) is 12.1. The monoisotopic (exact) mass is 459 g/mol. The van der Waals surface area contributed by atoms with E-state index in [1.807, 2.05) is 4.90 Å². The van der Waals surface area contributed by atoms with Gasteiger partial charge in [0, 0.05) is 39.1 Å². The fourth-order valence-corrected chi connectivity index (χ4v) is 5.18. The SMILES string of the molecule is O=C(NCc1ccc(F)cc1)c1nnc(CN2CCN(C(=O)CC3CCCCC3)CC2)s1. The first kappa shape index (κ1) is 22.8. The van der Waals surface area contributed by atoms with Gasteiger partial charge in [-0.25, -0.2) is 4.39 Å². The van der Waals surface area contributed by atoms with Crippen molar-refractivity contribution < 1.29 is 14.0 Å². The molecule has 7 nitrogen and oxygen atoms in total. The molecule has 2 amide bonds. The van der Waals surface area contributed by atoms with Crippen molar-refractivity contribution in [2.45, 2.75) is 51.6 Å². The lowest BCUT2D eigenvalue weighted by atomic mass is 9.86. The van der Waals surface area contributed by atoms with Gasteiger partial charge in [0.15, 0.2) is 0 Å². The zero-order valence-electron chi connectivity index (χ0n) is 18.3. The van der Waals surface area contributed by atoms with Crippen molar-refractivity contribution >= 4 is 23.2 Å². The zero-order chi connectivity index (χ0) is 22.3. The smallest absolute Gasteiger partial charge is 0.282 e. The third-order valence-electron chi connectivity index (χ3n) is 6.30. The maximum absolute atomic E-state index is 13.0. The van der Waals surface area contributed by atoms with Crippen molar-refractivity contribution in [2.24, 2.45) is 5.92 Å². The van der Waals surface area contributed by atoms with Crippen molar-refractivity contribution in [1.29, 1.82) is 0 Å². The molecular formula is C23H30FN5O2S. The van der Waals surface area contributed by atoms with E-state index in [1.54, 1.807) is 12.1 Å². The molecule has 0 radical (unpaired) electrons. The summed E-state index contributed by atoms with van der Waals surface area (Å²) in [6.07, 6.45) is 6.93. The molecule has 1 aliphatic carbocycles. The molecule has 0 unspecified atom stereocenters. The molecule has 32 heavy (non-hydrogen) atoms. The molecule has 0 spiro atoms. The van der Waals surface area contributed by atoms with E-state index in [4.69, 9.17) is 0 Å². The van der Waals surface area contributed by atoms with Crippen LogP contribution in [0, 0.1) is 11.7 Å². The number of rotatable bonds is 7. The van der Waals surface area contributed by atoms with E-state index < -0.39 is 0 Å². The molecule has 1 aromatic heterocycles. The lowest BCUT2D eigenvalue weighted by Gasteiger charge is -2.35. The molecule has 0 atom stereocenters. The number of hydrogen-bond acceptors (Lipinski definition) is 6. The number of nitrogens with one attached hydrogen (secondary N) is 1. The number of carbonyl (C=O) groups excluding carboxylic acids is 2. The van der Waals surface area contributed by atoms with Crippen LogP contribution in [0.15, 0.2) is 24.3 Å². The second-order valence-corrected chi connectivity index (χ2v) is 9.74. The molecule has 0 bridgehead atoms. The molecule has 2 heterocycles. The van der Waals surface area contributed by atoms with Crippen molar-refractivity contribution in [3.05, 3.63) is 45.7 Å². The zero-order valence-corrected chi connectivity index (χ0v) is 19.1. The van der Waals surface area contributed by atoms with E-state index >= 15 is 0 Å². The number of piperazine rings is 1. The van der Waals surface area contributed by atoms with Crippen LogP contribution in [0.1, 0.15) is 58.9 Å². The highest BCUT2D eigenvalue weighted by Crippen LogP contribution is 2.27. The molecule has 172 valence electrons. The van der Waals surface area contributed by atoms with Gasteiger partial charge in [0.2, 0.25) is 10.9 Å². The molecule has 9 heteroatoms. The standard InChI is InChI=1S/C23H30FN5O2S/c24-19-8-6-18(7-9-19)15-25-22(31)23-27-26-20(32-23)16-28-10-12-29(13-11-28)21(30)14-17-4-2-1-3-5-17/h6-9,17H,1-5,10-16H2,(H,25,31). The first-order valence-corrected chi connectivity index (χ1v) is 12.2. The molecule has 1 saturated carbocycles. The summed E-state index contributed by atoms with van der Waals surface area (Å²) in [5.74, 6) is 0.287. The third-order valence-corrected chi connectivity index (χ3v) is 7.21. The number of amides is 2. The van der Waals surface area contributed by atoms with E-state index in [9.17, 15) is 14.0 Å². The molecule has 1 saturated heterocycles. The van der Waals surface area contributed by atoms with E-state index in [2.05, 4.69) is 20.4 Å². The first-order valence-electron chi connectivity index (χ1n) is 11.4. The average molecular weight is 460 g/mol. The normalized spacial score (nSPS) is 18.0. The van der Waals surface area contributed by atoms with Crippen LogP contribution in [0.2, 0.25) is 0 Å². The Kier molecular flexibility index (Phi) is 7.81. The van der Waals surface area contributed by atoms with Crippen molar-refractivity contribution in [3.8, 4) is 0 Å². The molecule has 2 aromatic rings. The van der Waals surface area contributed by atoms with Gasteiger partial charge >= 0.3 is 0 Å². The lowest BCUT2D eigenvalue weighted by Crippen LogP contribution is -2.48. The summed E-state index contributed by atoms with van der Waals surface area (Å²) in [6.45, 7) is 4.05. The Morgan fingerprint density at radius 3 is 2.47 bits per heavy atom. The minimum atomic E-state index is -0.303. The summed E-state index contributed by atoms with van der Waals surface area (Å²) in [5.41, 5.74) is 0.820. The van der Waals surface area contributed by atoms with Gasteiger partial charge in [-0.05, 0) is 36.5 Å². The van der Waals surface area contributed by atoms with Crippen LogP contribution in [-0.2, 0) is 17.9 Å². The second kappa shape index (κ2) is 11.0. The summed E-state index contributed by atoms with van der Waals surface area (Å²) in [6, 6.07) is 6.02. The number of carbonyl (C=O) groups is 2. The Labute approximate surface area is 192 Å².